The molecule has 164 valence electrons. The quantitative estimate of drug-likeness (QED) is 0.313. The van der Waals surface area contributed by atoms with Gasteiger partial charge in [0.1, 0.15) is 47.1 Å². The lowest BCUT2D eigenvalue weighted by Crippen LogP contribution is -1.92. The maximum absolute atomic E-state index is 10.9. The molecule has 0 aromatic heterocycles. The molecule has 0 fully saturated rings. The van der Waals surface area contributed by atoms with E-state index in [-0.39, 0.29) is 6.61 Å². The van der Waals surface area contributed by atoms with Crippen LogP contribution in [0.1, 0.15) is 26.3 Å². The van der Waals surface area contributed by atoms with Crippen molar-refractivity contribution in [1.82, 2.24) is 0 Å². The Kier molecular flexibility index (Phi) is 6.78. The average Bonchev–Trinajstić information content (AvgIpc) is 2.85. The fourth-order valence-electron chi connectivity index (χ4n) is 3.02. The predicted octanol–water partition coefficient (Wildman–Crippen LogP) is 6.18. The SMILES string of the molecule is O=Cc1ccc(Oc2cc(Oc3ccc(C=O)cc3)cc(Oc3ccc(CO)cc3)c2)cc1. The van der Waals surface area contributed by atoms with Crippen LogP contribution in [0.5, 0.6) is 34.5 Å². The molecule has 0 unspecified atom stereocenters. The zero-order chi connectivity index (χ0) is 23.0. The van der Waals surface area contributed by atoms with Gasteiger partial charge in [-0.3, -0.25) is 9.59 Å². The van der Waals surface area contributed by atoms with E-state index < -0.39 is 0 Å². The fraction of sp³-hybridized carbons (Fsp3) is 0.0370. The van der Waals surface area contributed by atoms with E-state index >= 15 is 0 Å². The molecule has 0 saturated carbocycles. The van der Waals surface area contributed by atoms with E-state index in [2.05, 4.69) is 0 Å². The van der Waals surface area contributed by atoms with E-state index in [0.29, 0.717) is 45.6 Å². The van der Waals surface area contributed by atoms with Crippen molar-refractivity contribution in [3.63, 3.8) is 0 Å². The van der Waals surface area contributed by atoms with Gasteiger partial charge in [0.15, 0.2) is 0 Å². The number of aliphatic hydroxyl groups excluding tert-OH is 1. The third-order valence-corrected chi connectivity index (χ3v) is 4.70. The molecular formula is C27H20O6. The minimum atomic E-state index is -0.0482. The zero-order valence-electron chi connectivity index (χ0n) is 17.5. The fourth-order valence-corrected chi connectivity index (χ4v) is 3.02. The van der Waals surface area contributed by atoms with Crippen molar-refractivity contribution in [2.45, 2.75) is 6.61 Å². The highest BCUT2D eigenvalue weighted by molar-refractivity contribution is 5.75. The third kappa shape index (κ3) is 5.84. The molecule has 4 rings (SSSR count). The topological polar surface area (TPSA) is 82.1 Å². The maximum atomic E-state index is 10.9. The summed E-state index contributed by atoms with van der Waals surface area (Å²) in [5.41, 5.74) is 1.88. The van der Waals surface area contributed by atoms with Crippen LogP contribution in [-0.2, 0) is 6.61 Å². The van der Waals surface area contributed by atoms with Crippen molar-refractivity contribution in [2.24, 2.45) is 0 Å². The molecule has 0 saturated heterocycles. The van der Waals surface area contributed by atoms with Crippen LogP contribution < -0.4 is 14.2 Å². The number of carbonyl (C=O) groups excluding carboxylic acids is 2. The van der Waals surface area contributed by atoms with Gasteiger partial charge in [-0.25, -0.2) is 0 Å². The summed E-state index contributed by atoms with van der Waals surface area (Å²) in [7, 11) is 0. The second-order valence-corrected chi connectivity index (χ2v) is 7.12. The summed E-state index contributed by atoms with van der Waals surface area (Å²) >= 11 is 0. The lowest BCUT2D eigenvalue weighted by Gasteiger charge is -2.13. The Morgan fingerprint density at radius 2 is 0.848 bits per heavy atom. The molecule has 6 heteroatoms. The number of hydrogen-bond donors (Lipinski definition) is 1. The van der Waals surface area contributed by atoms with Crippen molar-refractivity contribution < 1.29 is 28.9 Å². The zero-order valence-corrected chi connectivity index (χ0v) is 17.5. The van der Waals surface area contributed by atoms with Crippen LogP contribution in [0.2, 0.25) is 0 Å². The van der Waals surface area contributed by atoms with Gasteiger partial charge in [-0.15, -0.1) is 0 Å². The van der Waals surface area contributed by atoms with E-state index in [0.717, 1.165) is 18.1 Å². The lowest BCUT2D eigenvalue weighted by molar-refractivity contribution is 0.111. The minimum Gasteiger partial charge on any atom is -0.457 e. The molecule has 0 bridgehead atoms. The molecule has 6 nitrogen and oxygen atoms in total. The smallest absolute Gasteiger partial charge is 0.150 e. The first kappa shape index (κ1) is 21.8. The highest BCUT2D eigenvalue weighted by Crippen LogP contribution is 2.35. The molecule has 0 heterocycles. The van der Waals surface area contributed by atoms with Crippen molar-refractivity contribution in [3.8, 4) is 34.5 Å². The van der Waals surface area contributed by atoms with E-state index in [4.69, 9.17) is 14.2 Å². The number of aldehydes is 2. The predicted molar refractivity (Wildman–Crippen MR) is 123 cm³/mol. The summed E-state index contributed by atoms with van der Waals surface area (Å²) in [6.07, 6.45) is 1.53. The Morgan fingerprint density at radius 3 is 1.15 bits per heavy atom. The molecule has 0 atom stereocenters. The Labute approximate surface area is 190 Å². The van der Waals surface area contributed by atoms with Gasteiger partial charge >= 0.3 is 0 Å². The van der Waals surface area contributed by atoms with Crippen LogP contribution in [0.4, 0.5) is 0 Å². The van der Waals surface area contributed by atoms with Gasteiger partial charge in [0.05, 0.1) is 6.61 Å². The van der Waals surface area contributed by atoms with Crippen molar-refractivity contribution >= 4 is 12.6 Å². The number of hydrogen-bond acceptors (Lipinski definition) is 6. The summed E-state index contributed by atoms with van der Waals surface area (Å²) in [6.45, 7) is -0.0482. The van der Waals surface area contributed by atoms with Crippen LogP contribution in [0.3, 0.4) is 0 Å². The standard InChI is InChI=1S/C27H20O6/c28-16-19-1-7-22(8-2-19)31-25-13-26(32-23-9-3-20(17-29)4-10-23)15-27(14-25)33-24-11-5-21(18-30)6-12-24/h1-17,30H,18H2. The van der Waals surface area contributed by atoms with Gasteiger partial charge < -0.3 is 19.3 Å². The minimum absolute atomic E-state index is 0.0482. The van der Waals surface area contributed by atoms with Crippen molar-refractivity contribution in [1.29, 1.82) is 0 Å². The highest BCUT2D eigenvalue weighted by atomic mass is 16.5. The van der Waals surface area contributed by atoms with Gasteiger partial charge in [0.25, 0.3) is 0 Å². The third-order valence-electron chi connectivity index (χ3n) is 4.70. The van der Waals surface area contributed by atoms with Crippen LogP contribution in [-0.4, -0.2) is 17.7 Å². The summed E-state index contributed by atoms with van der Waals surface area (Å²) < 4.78 is 17.9. The van der Waals surface area contributed by atoms with Crippen LogP contribution >= 0.6 is 0 Å². The molecule has 1 N–H and O–H groups in total. The molecule has 4 aromatic carbocycles. The first-order chi connectivity index (χ1) is 16.1. The molecule has 0 amide bonds. The summed E-state index contributed by atoms with van der Waals surface area (Å²) in [4.78, 5) is 21.8. The number of ether oxygens (including phenoxy) is 3. The summed E-state index contributed by atoms with van der Waals surface area (Å²) in [5, 5.41) is 9.22. The molecule has 0 aliphatic rings. The number of benzene rings is 4. The lowest BCUT2D eigenvalue weighted by atomic mass is 10.2. The van der Waals surface area contributed by atoms with Crippen LogP contribution in [0.15, 0.2) is 91.0 Å². The molecule has 0 spiro atoms. The molecule has 0 aliphatic heterocycles. The van der Waals surface area contributed by atoms with Gasteiger partial charge in [0.2, 0.25) is 0 Å². The van der Waals surface area contributed by atoms with E-state index in [9.17, 15) is 14.7 Å². The molecule has 33 heavy (non-hydrogen) atoms. The van der Waals surface area contributed by atoms with E-state index in [1.165, 1.54) is 0 Å². The molecule has 0 aliphatic carbocycles. The van der Waals surface area contributed by atoms with E-state index in [1.807, 2.05) is 0 Å². The first-order valence-corrected chi connectivity index (χ1v) is 10.1. The van der Waals surface area contributed by atoms with Crippen molar-refractivity contribution in [3.05, 3.63) is 108 Å². The number of carbonyl (C=O) groups is 2. The molecule has 4 aromatic rings. The second kappa shape index (κ2) is 10.3. The van der Waals surface area contributed by atoms with Gasteiger partial charge in [-0.05, 0) is 66.2 Å². The monoisotopic (exact) mass is 440 g/mol. The Morgan fingerprint density at radius 1 is 0.515 bits per heavy atom. The molecular weight excluding hydrogens is 420 g/mol. The molecule has 0 radical (unpaired) electrons. The maximum Gasteiger partial charge on any atom is 0.150 e. The first-order valence-electron chi connectivity index (χ1n) is 10.1. The normalized spacial score (nSPS) is 10.3. The van der Waals surface area contributed by atoms with E-state index in [1.54, 1.807) is 91.0 Å². The average molecular weight is 440 g/mol. The number of rotatable bonds is 9. The highest BCUT2D eigenvalue weighted by Gasteiger charge is 2.09. The Bertz CT molecular complexity index is 1160. The largest absolute Gasteiger partial charge is 0.457 e. The number of aliphatic hydroxyl groups is 1. The Hall–Kier alpha value is -4.42. The van der Waals surface area contributed by atoms with Crippen LogP contribution in [0.25, 0.3) is 0 Å². The Balaban J connectivity index is 1.62. The summed E-state index contributed by atoms with van der Waals surface area (Å²) in [5.74, 6) is 3.10. The van der Waals surface area contributed by atoms with Gasteiger partial charge in [0, 0.05) is 29.3 Å². The van der Waals surface area contributed by atoms with Crippen LogP contribution in [0, 0.1) is 0 Å². The van der Waals surface area contributed by atoms with Gasteiger partial charge in [-0.1, -0.05) is 12.1 Å². The summed E-state index contributed by atoms with van der Waals surface area (Å²) in [6, 6.07) is 25.7. The van der Waals surface area contributed by atoms with Crippen molar-refractivity contribution in [2.75, 3.05) is 0 Å². The van der Waals surface area contributed by atoms with Gasteiger partial charge in [-0.2, -0.15) is 0 Å². The second-order valence-electron chi connectivity index (χ2n) is 7.12.